The van der Waals surface area contributed by atoms with Crippen LogP contribution in [-0.4, -0.2) is 49.8 Å². The molecule has 5 rings (SSSR count). The third-order valence-corrected chi connectivity index (χ3v) is 5.49. The Bertz CT molecular complexity index is 1300. The molecule has 2 aliphatic rings. The number of aromatic nitrogens is 3. The van der Waals surface area contributed by atoms with E-state index < -0.39 is 17.7 Å². The van der Waals surface area contributed by atoms with Crippen LogP contribution in [-0.2, 0) is 11.4 Å². The van der Waals surface area contributed by atoms with Crippen molar-refractivity contribution in [1.82, 2.24) is 19.0 Å². The molecule has 0 fully saturated rings. The zero-order chi connectivity index (χ0) is 21.7. The summed E-state index contributed by atoms with van der Waals surface area (Å²) in [5.41, 5.74) is 1.80. The highest BCUT2D eigenvalue weighted by molar-refractivity contribution is 6.07. The van der Waals surface area contributed by atoms with Gasteiger partial charge in [0.15, 0.2) is 11.6 Å². The van der Waals surface area contributed by atoms with Gasteiger partial charge in [0.1, 0.15) is 29.7 Å². The maximum Gasteiger partial charge on any atom is 0.275 e. The van der Waals surface area contributed by atoms with E-state index in [0.717, 1.165) is 17.8 Å². The van der Waals surface area contributed by atoms with Gasteiger partial charge in [0.2, 0.25) is 0 Å². The molecule has 158 valence electrons. The van der Waals surface area contributed by atoms with Gasteiger partial charge in [-0.2, -0.15) is 0 Å². The van der Waals surface area contributed by atoms with Gasteiger partial charge < -0.3 is 18.9 Å². The number of carbonyl (C=O) groups is 1. The Morgan fingerprint density at radius 3 is 2.68 bits per heavy atom. The van der Waals surface area contributed by atoms with E-state index in [9.17, 15) is 18.4 Å². The van der Waals surface area contributed by atoms with Crippen LogP contribution in [0.4, 0.5) is 8.78 Å². The van der Waals surface area contributed by atoms with Crippen LogP contribution in [0.25, 0.3) is 5.69 Å². The van der Waals surface area contributed by atoms with Crippen LogP contribution >= 0.6 is 0 Å². The minimum absolute atomic E-state index is 0.0939. The fourth-order valence-corrected chi connectivity index (χ4v) is 3.93. The number of aryl methyl sites for hydroxylation is 1. The van der Waals surface area contributed by atoms with Crippen molar-refractivity contribution >= 4 is 11.6 Å². The fourth-order valence-electron chi connectivity index (χ4n) is 3.93. The maximum atomic E-state index is 13.7. The summed E-state index contributed by atoms with van der Waals surface area (Å²) in [5, 5.41) is 3.95. The molecule has 0 aliphatic carbocycles. The molecule has 10 heteroatoms. The molecule has 0 bridgehead atoms. The molecular weight excluding hydrogens is 408 g/mol. The quantitative estimate of drug-likeness (QED) is 0.642. The molecule has 0 radical (unpaired) electrons. The van der Waals surface area contributed by atoms with Gasteiger partial charge in [0.05, 0.1) is 12.0 Å². The van der Waals surface area contributed by atoms with Crippen LogP contribution in [0, 0.1) is 18.6 Å². The van der Waals surface area contributed by atoms with Crippen molar-refractivity contribution in [1.29, 1.82) is 0 Å². The molecule has 31 heavy (non-hydrogen) atoms. The zero-order valence-corrected chi connectivity index (χ0v) is 16.5. The number of imidazole rings is 1. The van der Waals surface area contributed by atoms with E-state index in [1.807, 2.05) is 6.92 Å². The molecule has 2 aromatic heterocycles. The Balaban J connectivity index is 1.47. The van der Waals surface area contributed by atoms with Crippen molar-refractivity contribution in [2.24, 2.45) is 5.16 Å². The number of pyridine rings is 1. The summed E-state index contributed by atoms with van der Waals surface area (Å²) < 4.78 is 30.1. The average Bonchev–Trinajstić information content (AvgIpc) is 3.40. The second-order valence-electron chi connectivity index (χ2n) is 7.40. The minimum atomic E-state index is -1.00. The predicted molar refractivity (Wildman–Crippen MR) is 106 cm³/mol. The molecule has 4 heterocycles. The topological polar surface area (TPSA) is 81.7 Å². The van der Waals surface area contributed by atoms with Gasteiger partial charge in [-0.15, -0.1) is 0 Å². The lowest BCUT2D eigenvalue weighted by Gasteiger charge is -2.33. The van der Waals surface area contributed by atoms with Crippen LogP contribution in [0.2, 0.25) is 0 Å². The number of carbonyl (C=O) groups excluding carboxylic acids is 1. The summed E-state index contributed by atoms with van der Waals surface area (Å²) in [6.45, 7) is 2.44. The smallest absolute Gasteiger partial charge is 0.275 e. The van der Waals surface area contributed by atoms with Crippen LogP contribution in [0.3, 0.4) is 0 Å². The molecule has 8 nitrogen and oxygen atoms in total. The molecule has 0 saturated carbocycles. The van der Waals surface area contributed by atoms with E-state index >= 15 is 0 Å². The molecule has 1 aromatic carbocycles. The highest BCUT2D eigenvalue weighted by Gasteiger charge is 2.37. The van der Waals surface area contributed by atoms with E-state index in [1.54, 1.807) is 34.1 Å². The normalized spacial score (nSPS) is 18.0. The van der Waals surface area contributed by atoms with Crippen molar-refractivity contribution in [3.05, 3.63) is 81.8 Å². The largest absolute Gasteiger partial charge is 0.393 e. The predicted octanol–water partition coefficient (Wildman–Crippen LogP) is 1.88. The van der Waals surface area contributed by atoms with Crippen LogP contribution in [0.1, 0.15) is 21.7 Å². The minimum Gasteiger partial charge on any atom is -0.393 e. The number of nitrogens with zero attached hydrogens (tertiary/aromatic N) is 5. The summed E-state index contributed by atoms with van der Waals surface area (Å²) >= 11 is 0. The van der Waals surface area contributed by atoms with Crippen molar-refractivity contribution in [3.8, 4) is 5.69 Å². The van der Waals surface area contributed by atoms with E-state index in [0.29, 0.717) is 17.0 Å². The van der Waals surface area contributed by atoms with E-state index in [1.165, 1.54) is 10.6 Å². The fraction of sp³-hybridized carbons (Fsp3) is 0.238. The van der Waals surface area contributed by atoms with Crippen molar-refractivity contribution < 1.29 is 18.4 Å². The first kappa shape index (κ1) is 19.2. The first-order valence-corrected chi connectivity index (χ1v) is 9.65. The number of hydrogen-bond acceptors (Lipinski definition) is 5. The average molecular weight is 425 g/mol. The summed E-state index contributed by atoms with van der Waals surface area (Å²) in [7, 11) is 0. The third-order valence-electron chi connectivity index (χ3n) is 5.49. The van der Waals surface area contributed by atoms with Gasteiger partial charge in [-0.05, 0) is 37.3 Å². The molecule has 1 amide bonds. The molecule has 0 unspecified atom stereocenters. The molecule has 3 aromatic rings. The molecule has 1 atom stereocenters. The summed E-state index contributed by atoms with van der Waals surface area (Å²) in [6.07, 6.45) is 3.29. The standard InChI is InChI=1S/C21H17F2N5O3/c1-12-9-26(11-24-12)16-4-5-17-21(30)28(7-6-27(17)20(16)29)18-10-31-25-19(18)13-2-3-14(22)15(23)8-13/h2-5,8-9,11,18H,6-7,10H2,1H3/t18-/m0/s1. The number of halogens is 2. The summed E-state index contributed by atoms with van der Waals surface area (Å²) in [6, 6.07) is 6.05. The molecule has 0 saturated heterocycles. The summed E-state index contributed by atoms with van der Waals surface area (Å²) in [4.78, 5) is 37.0. The number of benzene rings is 1. The van der Waals surface area contributed by atoms with Crippen molar-refractivity contribution in [2.45, 2.75) is 19.5 Å². The number of rotatable bonds is 3. The second kappa shape index (κ2) is 7.15. The Hall–Kier alpha value is -3.82. The van der Waals surface area contributed by atoms with Gasteiger partial charge in [-0.25, -0.2) is 13.8 Å². The number of oxime groups is 1. The molecule has 2 aliphatic heterocycles. The van der Waals surface area contributed by atoms with Crippen molar-refractivity contribution in [3.63, 3.8) is 0 Å². The van der Waals surface area contributed by atoms with Gasteiger partial charge >= 0.3 is 0 Å². The summed E-state index contributed by atoms with van der Waals surface area (Å²) in [5.74, 6) is -2.33. The van der Waals surface area contributed by atoms with Gasteiger partial charge in [0, 0.05) is 24.8 Å². The van der Waals surface area contributed by atoms with Gasteiger partial charge in [-0.1, -0.05) is 5.16 Å². The Morgan fingerprint density at radius 2 is 1.94 bits per heavy atom. The third kappa shape index (κ3) is 3.11. The van der Waals surface area contributed by atoms with Crippen LogP contribution in [0.5, 0.6) is 0 Å². The lowest BCUT2D eigenvalue weighted by Crippen LogP contribution is -2.52. The van der Waals surface area contributed by atoms with Crippen molar-refractivity contribution in [2.75, 3.05) is 13.2 Å². The van der Waals surface area contributed by atoms with Gasteiger partial charge in [-0.3, -0.25) is 9.59 Å². The molecular formula is C21H17F2N5O3. The van der Waals surface area contributed by atoms with E-state index in [-0.39, 0.29) is 36.9 Å². The SMILES string of the molecule is Cc1cn(-c2ccc3n(c2=O)CCN([C@H]2CON=C2c2ccc(F)c(F)c2)C3=O)cn1. The van der Waals surface area contributed by atoms with Crippen LogP contribution in [0.15, 0.2) is 52.8 Å². The first-order valence-electron chi connectivity index (χ1n) is 9.65. The number of hydrogen-bond donors (Lipinski definition) is 0. The Labute approximate surface area is 175 Å². The molecule has 0 spiro atoms. The number of fused-ring (bicyclic) bond motifs is 1. The highest BCUT2D eigenvalue weighted by atomic mass is 19.2. The van der Waals surface area contributed by atoms with Crippen LogP contribution < -0.4 is 5.56 Å². The molecule has 0 N–H and O–H groups in total. The monoisotopic (exact) mass is 425 g/mol. The van der Waals surface area contributed by atoms with E-state index in [4.69, 9.17) is 4.84 Å². The maximum absolute atomic E-state index is 13.7. The number of amides is 1. The lowest BCUT2D eigenvalue weighted by atomic mass is 10.0. The first-order chi connectivity index (χ1) is 14.9. The zero-order valence-electron chi connectivity index (χ0n) is 16.5. The van der Waals surface area contributed by atoms with Gasteiger partial charge in [0.25, 0.3) is 11.5 Å². The highest BCUT2D eigenvalue weighted by Crippen LogP contribution is 2.23. The second-order valence-corrected chi connectivity index (χ2v) is 7.40. The lowest BCUT2D eigenvalue weighted by molar-refractivity contribution is 0.0587. The Kier molecular flexibility index (Phi) is 4.42. The Morgan fingerprint density at radius 1 is 1.10 bits per heavy atom. The van der Waals surface area contributed by atoms with E-state index in [2.05, 4.69) is 10.1 Å².